The summed E-state index contributed by atoms with van der Waals surface area (Å²) in [6.07, 6.45) is 1.05. The van der Waals surface area contributed by atoms with Gasteiger partial charge >= 0.3 is 12.0 Å². The first-order chi connectivity index (χ1) is 27.9. The number of aromatic nitrogens is 1. The number of benzene rings is 2. The predicted molar refractivity (Wildman–Crippen MR) is 217 cm³/mol. The van der Waals surface area contributed by atoms with Crippen LogP contribution in [0.2, 0.25) is 5.02 Å². The van der Waals surface area contributed by atoms with E-state index in [4.69, 9.17) is 30.9 Å². The number of urea groups is 1. The molecule has 2 aliphatic carbocycles. The molecule has 0 saturated heterocycles. The molecule has 1 heterocycles. The number of halogens is 1. The third kappa shape index (κ3) is 13.0. The van der Waals surface area contributed by atoms with Crippen molar-refractivity contribution in [2.24, 2.45) is 0 Å². The van der Waals surface area contributed by atoms with Crippen LogP contribution in [0.4, 0.5) is 4.79 Å². The summed E-state index contributed by atoms with van der Waals surface area (Å²) in [5.41, 5.74) is 1.93. The van der Waals surface area contributed by atoms with E-state index in [1.54, 1.807) is 33.0 Å². The van der Waals surface area contributed by atoms with Crippen molar-refractivity contribution in [1.29, 1.82) is 0 Å². The van der Waals surface area contributed by atoms with Gasteiger partial charge in [-0.1, -0.05) is 35.9 Å². The van der Waals surface area contributed by atoms with Gasteiger partial charge in [0.2, 0.25) is 10.0 Å². The number of ether oxygens (including phenoxy) is 3. The maximum absolute atomic E-state index is 13.6. The first kappa shape index (κ1) is 46.2. The van der Waals surface area contributed by atoms with Crippen LogP contribution in [-0.2, 0) is 36.5 Å². The summed E-state index contributed by atoms with van der Waals surface area (Å²) in [5.74, 6) is 0.0302. The van der Waals surface area contributed by atoms with Crippen LogP contribution >= 0.6 is 11.6 Å². The topological polar surface area (TPSA) is 246 Å². The summed E-state index contributed by atoms with van der Waals surface area (Å²) in [5, 5.41) is 53.0. The molecule has 0 spiro atoms. The summed E-state index contributed by atoms with van der Waals surface area (Å²) < 4.78 is 48.0. The highest BCUT2D eigenvalue weighted by Crippen LogP contribution is 2.53. The van der Waals surface area contributed by atoms with Crippen LogP contribution in [-0.4, -0.2) is 113 Å². The van der Waals surface area contributed by atoms with E-state index < -0.39 is 76.8 Å². The van der Waals surface area contributed by atoms with Gasteiger partial charge in [0, 0.05) is 41.6 Å². The van der Waals surface area contributed by atoms with Gasteiger partial charge in [-0.3, -0.25) is 9.78 Å². The largest absolute Gasteiger partial charge is 0.490 e. The zero-order valence-electron chi connectivity index (χ0n) is 33.3. The van der Waals surface area contributed by atoms with E-state index in [1.807, 2.05) is 36.5 Å². The lowest BCUT2D eigenvalue weighted by Gasteiger charge is -2.25. The van der Waals surface area contributed by atoms with E-state index >= 15 is 0 Å². The number of carbonyl (C=O) groups excluding carboxylic acids is 2. The second-order valence-electron chi connectivity index (χ2n) is 15.9. The molecule has 0 aliphatic heterocycles. The number of nitrogens with one attached hydrogen (secondary N) is 3. The van der Waals surface area contributed by atoms with E-state index in [1.165, 1.54) is 12.1 Å². The Kier molecular flexibility index (Phi) is 15.7. The number of hydrogen-bond acceptors (Lipinski definition) is 13. The number of sulfonamides is 1. The number of amides is 2. The van der Waals surface area contributed by atoms with Crippen molar-refractivity contribution in [2.45, 2.75) is 125 Å². The van der Waals surface area contributed by atoms with Crippen LogP contribution in [0, 0.1) is 0 Å². The molecule has 5 atom stereocenters. The number of esters is 1. The summed E-state index contributed by atoms with van der Waals surface area (Å²) in [6, 6.07) is 12.2. The Morgan fingerprint density at radius 3 is 2.34 bits per heavy atom. The lowest BCUT2D eigenvalue weighted by molar-refractivity contribution is -0.157. The molecule has 2 saturated carbocycles. The molecule has 0 radical (unpaired) electrons. The number of aliphatic hydroxyl groups is 5. The molecule has 0 bridgehead atoms. The van der Waals surface area contributed by atoms with Gasteiger partial charge in [-0.2, -0.15) is 4.72 Å². The van der Waals surface area contributed by atoms with Gasteiger partial charge in [0.1, 0.15) is 35.7 Å². The fourth-order valence-corrected chi connectivity index (χ4v) is 7.80. The molecule has 16 nitrogen and oxygen atoms in total. The van der Waals surface area contributed by atoms with Crippen LogP contribution < -0.4 is 20.1 Å². The second-order valence-corrected chi connectivity index (χ2v) is 18.0. The molecule has 1 aromatic heterocycles. The van der Waals surface area contributed by atoms with E-state index in [-0.39, 0.29) is 42.0 Å². The molecule has 5 rings (SSSR count). The molecule has 2 aromatic carbocycles. The molecule has 18 heteroatoms. The fraction of sp³-hybridized carbons (Fsp3) is 0.537. The minimum absolute atomic E-state index is 0.0304. The van der Waals surface area contributed by atoms with Crippen LogP contribution in [0.15, 0.2) is 65.8 Å². The monoisotopic (exact) mass is 862 g/mol. The van der Waals surface area contributed by atoms with Crippen molar-refractivity contribution in [3.63, 3.8) is 0 Å². The van der Waals surface area contributed by atoms with Gasteiger partial charge in [-0.15, -0.1) is 0 Å². The molecule has 324 valence electrons. The second kappa shape index (κ2) is 20.1. The highest BCUT2D eigenvalue weighted by atomic mass is 35.5. The summed E-state index contributed by atoms with van der Waals surface area (Å²) in [6.45, 7) is 3.89. The van der Waals surface area contributed by atoms with Crippen molar-refractivity contribution < 1.29 is 57.8 Å². The number of rotatable bonds is 22. The molecule has 1 unspecified atom stereocenters. The van der Waals surface area contributed by atoms with Crippen molar-refractivity contribution in [3.05, 3.63) is 77.1 Å². The fourth-order valence-electron chi connectivity index (χ4n) is 6.26. The maximum atomic E-state index is 13.6. The van der Waals surface area contributed by atoms with Gasteiger partial charge in [-0.25, -0.2) is 13.2 Å². The number of aliphatic hydroxyl groups excluding tert-OH is 5. The lowest BCUT2D eigenvalue weighted by atomic mass is 9.96. The van der Waals surface area contributed by atoms with Crippen LogP contribution in [0.5, 0.6) is 5.75 Å². The maximum Gasteiger partial charge on any atom is 0.324 e. The Bertz CT molecular complexity index is 2010. The van der Waals surface area contributed by atoms with Crippen LogP contribution in [0.3, 0.4) is 0 Å². The molecule has 2 amide bonds. The van der Waals surface area contributed by atoms with Crippen molar-refractivity contribution in [3.8, 4) is 16.9 Å². The number of unbranched alkanes of at least 4 members (excludes halogenated alkanes) is 1. The first-order valence-corrected chi connectivity index (χ1v) is 21.5. The molecule has 2 aliphatic rings. The average Bonchev–Trinajstić information content (AvgIpc) is 4.15. The average molecular weight is 863 g/mol. The van der Waals surface area contributed by atoms with E-state index in [0.29, 0.717) is 12.0 Å². The van der Waals surface area contributed by atoms with E-state index in [2.05, 4.69) is 20.3 Å². The third-order valence-corrected chi connectivity index (χ3v) is 11.7. The Morgan fingerprint density at radius 2 is 1.68 bits per heavy atom. The smallest absolute Gasteiger partial charge is 0.324 e. The quantitative estimate of drug-likeness (QED) is 0.0536. The summed E-state index contributed by atoms with van der Waals surface area (Å²) in [7, 11) is -4.28. The van der Waals surface area contributed by atoms with Gasteiger partial charge < -0.3 is 50.4 Å². The zero-order chi connectivity index (χ0) is 43.0. The zero-order valence-corrected chi connectivity index (χ0v) is 34.9. The molecular weight excluding hydrogens is 808 g/mol. The third-order valence-electron chi connectivity index (χ3n) is 9.84. The minimum atomic E-state index is -4.28. The Hall–Kier alpha value is -3.91. The number of nitrogens with zero attached hydrogens (tertiary/aromatic N) is 1. The standard InChI is InChI=1S/C41H55ClN4O12S/c1-40(2,3)58-38(52)32(9-6-7-18-44-39(53)45-22-33(48)36(50)37(51)34(49)23-47)46-59(54,55)27-14-11-25(31(42)20-27)24-56-41(16-17-41)30-21-43-19-15-28(30)29-8-4-5-10-35(29)57-26-12-13-26/h4-5,8,10-11,14-15,19-21,26,32-34,36-37,46-51H,6-7,9,12-13,16-18,22-24H2,1-3H3,(H2,44,45,53)/t32?,33-,34+,36+,37+/m0/s1. The van der Waals surface area contributed by atoms with Crippen LogP contribution in [0.1, 0.15) is 76.8 Å². The molecule has 8 N–H and O–H groups in total. The Morgan fingerprint density at radius 1 is 0.966 bits per heavy atom. The van der Waals surface area contributed by atoms with Crippen molar-refractivity contribution in [1.82, 2.24) is 20.3 Å². The van der Waals surface area contributed by atoms with Crippen LogP contribution in [0.25, 0.3) is 11.1 Å². The lowest BCUT2D eigenvalue weighted by Crippen LogP contribution is -2.50. The minimum Gasteiger partial charge on any atom is -0.490 e. The SMILES string of the molecule is CC(C)(C)OC(=O)C(CCCCNC(=O)NC[C@H](O)[C@@H](O)[C@H](O)[C@H](O)CO)NS(=O)(=O)c1ccc(COC2(c3cnccc3-c3ccccc3OC3CC3)CC2)c(Cl)c1. The number of para-hydroxylation sites is 1. The summed E-state index contributed by atoms with van der Waals surface area (Å²) in [4.78, 5) is 29.6. The van der Waals surface area contributed by atoms with Gasteiger partial charge in [0.15, 0.2) is 0 Å². The van der Waals surface area contributed by atoms with Crippen molar-refractivity contribution in [2.75, 3.05) is 19.7 Å². The predicted octanol–water partition coefficient (Wildman–Crippen LogP) is 3.04. The number of carbonyl (C=O) groups is 2. The Labute approximate surface area is 349 Å². The highest BCUT2D eigenvalue weighted by molar-refractivity contribution is 7.89. The molecule has 2 fully saturated rings. The van der Waals surface area contributed by atoms with Gasteiger partial charge in [-0.05, 0) is 101 Å². The molecular formula is C41H55ClN4O12S. The summed E-state index contributed by atoms with van der Waals surface area (Å²) >= 11 is 6.66. The van der Waals surface area contributed by atoms with E-state index in [0.717, 1.165) is 48.1 Å². The van der Waals surface area contributed by atoms with Gasteiger partial charge in [0.05, 0.1) is 35.9 Å². The molecule has 59 heavy (non-hydrogen) atoms. The number of hydrogen-bond donors (Lipinski definition) is 8. The first-order valence-electron chi connectivity index (χ1n) is 19.7. The Balaban J connectivity index is 1.17. The number of pyridine rings is 1. The van der Waals surface area contributed by atoms with Gasteiger partial charge in [0.25, 0.3) is 0 Å². The highest BCUT2D eigenvalue weighted by Gasteiger charge is 2.48. The normalized spacial score (nSPS) is 17.6. The van der Waals surface area contributed by atoms with Crippen molar-refractivity contribution >= 4 is 33.6 Å². The van der Waals surface area contributed by atoms with E-state index in [9.17, 15) is 38.4 Å². The molecule has 3 aromatic rings.